The second-order valence-electron chi connectivity index (χ2n) is 7.17. The first-order valence-corrected chi connectivity index (χ1v) is 11.6. The molecule has 31 heavy (non-hydrogen) atoms. The van der Waals surface area contributed by atoms with Crippen molar-refractivity contribution in [3.8, 4) is 9.88 Å². The molecule has 2 aromatic heterocycles. The standard InChI is InChI=1S/C23H19N3O3S2/c27-21(17-5-3-13-29-17)24-14-7-9-15(10-8-14)25-22(28)19-11-12-20(30-19)23-26-16-4-1-2-6-18(16)31-23/h1-2,4,6-12,17H,3,5,13H2,(H,24,27)(H,25,28). The molecule has 0 bridgehead atoms. The van der Waals surface area contributed by atoms with Crippen molar-refractivity contribution in [2.24, 2.45) is 0 Å². The van der Waals surface area contributed by atoms with E-state index in [1.807, 2.05) is 36.4 Å². The minimum absolute atomic E-state index is 0.129. The lowest BCUT2D eigenvalue weighted by Crippen LogP contribution is -2.26. The van der Waals surface area contributed by atoms with Gasteiger partial charge in [0.2, 0.25) is 0 Å². The SMILES string of the molecule is O=C(Nc1ccc(NC(=O)C2CCCO2)cc1)c1ccc(-c2nc3ccccc3s2)s1. The molecule has 1 aliphatic heterocycles. The van der Waals surface area contributed by atoms with Gasteiger partial charge in [-0.05, 0) is 61.4 Å². The number of fused-ring (bicyclic) bond motifs is 1. The highest BCUT2D eigenvalue weighted by atomic mass is 32.1. The van der Waals surface area contributed by atoms with E-state index < -0.39 is 0 Å². The van der Waals surface area contributed by atoms with Crippen molar-refractivity contribution >= 4 is 56.1 Å². The maximum absolute atomic E-state index is 12.7. The van der Waals surface area contributed by atoms with E-state index in [4.69, 9.17) is 4.74 Å². The van der Waals surface area contributed by atoms with Crippen molar-refractivity contribution in [2.45, 2.75) is 18.9 Å². The molecule has 0 radical (unpaired) electrons. The topological polar surface area (TPSA) is 80.3 Å². The van der Waals surface area contributed by atoms with Gasteiger partial charge in [0.05, 0.1) is 20.0 Å². The summed E-state index contributed by atoms with van der Waals surface area (Å²) in [6.07, 6.45) is 1.29. The summed E-state index contributed by atoms with van der Waals surface area (Å²) in [5.74, 6) is -0.302. The minimum Gasteiger partial charge on any atom is -0.368 e. The van der Waals surface area contributed by atoms with Crippen LogP contribution in [0, 0.1) is 0 Å². The first kappa shape index (κ1) is 19.9. The van der Waals surface area contributed by atoms with E-state index in [0.29, 0.717) is 22.9 Å². The van der Waals surface area contributed by atoms with Crippen LogP contribution in [0.15, 0.2) is 60.7 Å². The van der Waals surface area contributed by atoms with Crippen LogP contribution >= 0.6 is 22.7 Å². The van der Waals surface area contributed by atoms with Gasteiger partial charge in [0.1, 0.15) is 11.1 Å². The molecule has 1 atom stereocenters. The summed E-state index contributed by atoms with van der Waals surface area (Å²) >= 11 is 3.04. The fourth-order valence-electron chi connectivity index (χ4n) is 3.39. The normalized spacial score (nSPS) is 15.8. The highest BCUT2D eigenvalue weighted by Gasteiger charge is 2.23. The summed E-state index contributed by atoms with van der Waals surface area (Å²) in [5.41, 5.74) is 2.30. The van der Waals surface area contributed by atoms with E-state index in [-0.39, 0.29) is 17.9 Å². The number of carbonyl (C=O) groups excluding carboxylic acids is 2. The summed E-state index contributed by atoms with van der Waals surface area (Å²) in [5, 5.41) is 6.66. The lowest BCUT2D eigenvalue weighted by atomic mass is 10.2. The Morgan fingerprint density at radius 3 is 2.45 bits per heavy atom. The van der Waals surface area contributed by atoms with Gasteiger partial charge in [0.25, 0.3) is 11.8 Å². The summed E-state index contributed by atoms with van der Waals surface area (Å²) in [7, 11) is 0. The van der Waals surface area contributed by atoms with E-state index in [1.54, 1.807) is 35.6 Å². The fourth-order valence-corrected chi connectivity index (χ4v) is 5.31. The van der Waals surface area contributed by atoms with Crippen molar-refractivity contribution in [3.05, 3.63) is 65.5 Å². The first-order valence-electron chi connectivity index (χ1n) is 9.95. The lowest BCUT2D eigenvalue weighted by molar-refractivity contribution is -0.124. The number of ether oxygens (including phenoxy) is 1. The summed E-state index contributed by atoms with van der Waals surface area (Å²) in [6, 6.07) is 18.8. The van der Waals surface area contributed by atoms with Gasteiger partial charge in [-0.1, -0.05) is 12.1 Å². The molecule has 0 spiro atoms. The second-order valence-corrected chi connectivity index (χ2v) is 9.29. The van der Waals surface area contributed by atoms with Crippen LogP contribution in [-0.4, -0.2) is 29.5 Å². The van der Waals surface area contributed by atoms with Crippen LogP contribution in [-0.2, 0) is 9.53 Å². The number of para-hydroxylation sites is 1. The number of benzene rings is 2. The number of amides is 2. The Balaban J connectivity index is 1.23. The predicted octanol–water partition coefficient (Wildman–Crippen LogP) is 5.39. The molecule has 4 aromatic rings. The molecular formula is C23H19N3O3S2. The van der Waals surface area contributed by atoms with Crippen LogP contribution in [0.4, 0.5) is 11.4 Å². The van der Waals surface area contributed by atoms with Gasteiger partial charge in [-0.3, -0.25) is 9.59 Å². The van der Waals surface area contributed by atoms with Crippen LogP contribution in [0.5, 0.6) is 0 Å². The number of hydrogen-bond acceptors (Lipinski definition) is 6. The summed E-state index contributed by atoms with van der Waals surface area (Å²) < 4.78 is 6.52. The fraction of sp³-hybridized carbons (Fsp3) is 0.174. The highest BCUT2D eigenvalue weighted by molar-refractivity contribution is 7.26. The molecule has 3 heterocycles. The van der Waals surface area contributed by atoms with Gasteiger partial charge >= 0.3 is 0 Å². The van der Waals surface area contributed by atoms with Crippen molar-refractivity contribution in [3.63, 3.8) is 0 Å². The van der Waals surface area contributed by atoms with Crippen LogP contribution in [0.2, 0.25) is 0 Å². The number of carbonyl (C=O) groups is 2. The van der Waals surface area contributed by atoms with Gasteiger partial charge in [0, 0.05) is 18.0 Å². The van der Waals surface area contributed by atoms with Gasteiger partial charge in [-0.25, -0.2) is 4.98 Å². The van der Waals surface area contributed by atoms with Crippen LogP contribution < -0.4 is 10.6 Å². The first-order chi connectivity index (χ1) is 15.2. The number of anilines is 2. The third kappa shape index (κ3) is 4.36. The monoisotopic (exact) mass is 449 g/mol. The predicted molar refractivity (Wildman–Crippen MR) is 125 cm³/mol. The quantitative estimate of drug-likeness (QED) is 0.428. The molecule has 2 N–H and O–H groups in total. The Morgan fingerprint density at radius 2 is 1.71 bits per heavy atom. The molecule has 8 heteroatoms. The molecule has 1 fully saturated rings. The zero-order chi connectivity index (χ0) is 21.2. The van der Waals surface area contributed by atoms with Gasteiger partial charge < -0.3 is 15.4 Å². The van der Waals surface area contributed by atoms with E-state index >= 15 is 0 Å². The minimum atomic E-state index is -0.372. The van der Waals surface area contributed by atoms with Gasteiger partial charge in [0.15, 0.2) is 0 Å². The van der Waals surface area contributed by atoms with Crippen molar-refractivity contribution in [2.75, 3.05) is 17.2 Å². The lowest BCUT2D eigenvalue weighted by Gasteiger charge is -2.11. The average molecular weight is 450 g/mol. The molecule has 6 nitrogen and oxygen atoms in total. The third-order valence-corrected chi connectivity index (χ3v) is 7.26. The van der Waals surface area contributed by atoms with Gasteiger partial charge in [-0.2, -0.15) is 0 Å². The second kappa shape index (κ2) is 8.58. The van der Waals surface area contributed by atoms with Gasteiger partial charge in [-0.15, -0.1) is 22.7 Å². The third-order valence-electron chi connectivity index (χ3n) is 4.97. The maximum Gasteiger partial charge on any atom is 0.265 e. The van der Waals surface area contributed by atoms with E-state index in [2.05, 4.69) is 15.6 Å². The zero-order valence-electron chi connectivity index (χ0n) is 16.5. The molecular weight excluding hydrogens is 430 g/mol. The number of aromatic nitrogens is 1. The molecule has 0 saturated carbocycles. The van der Waals surface area contributed by atoms with Crippen molar-refractivity contribution < 1.29 is 14.3 Å². The van der Waals surface area contributed by atoms with E-state index in [1.165, 1.54) is 11.3 Å². The number of thiazole rings is 1. The van der Waals surface area contributed by atoms with Crippen LogP contribution in [0.1, 0.15) is 22.5 Å². The van der Waals surface area contributed by atoms with Crippen molar-refractivity contribution in [1.29, 1.82) is 0 Å². The zero-order valence-corrected chi connectivity index (χ0v) is 18.1. The van der Waals surface area contributed by atoms with E-state index in [9.17, 15) is 9.59 Å². The largest absolute Gasteiger partial charge is 0.368 e. The highest BCUT2D eigenvalue weighted by Crippen LogP contribution is 2.34. The molecule has 156 valence electrons. The Hall–Kier alpha value is -3.07. The smallest absolute Gasteiger partial charge is 0.265 e. The Morgan fingerprint density at radius 1 is 0.935 bits per heavy atom. The summed E-state index contributed by atoms with van der Waals surface area (Å²) in [6.45, 7) is 0.631. The maximum atomic E-state index is 12.7. The number of hydrogen-bond donors (Lipinski definition) is 2. The number of nitrogens with one attached hydrogen (secondary N) is 2. The summed E-state index contributed by atoms with van der Waals surface area (Å²) in [4.78, 5) is 31.0. The molecule has 5 rings (SSSR count). The molecule has 2 amide bonds. The average Bonchev–Trinajstić information content (AvgIpc) is 3.54. The Labute approximate surface area is 186 Å². The Bertz CT molecular complexity index is 1210. The molecule has 1 saturated heterocycles. The number of rotatable bonds is 5. The number of nitrogens with zero attached hydrogens (tertiary/aromatic N) is 1. The Kier molecular flexibility index (Phi) is 5.50. The molecule has 1 aliphatic rings. The van der Waals surface area contributed by atoms with Crippen LogP contribution in [0.25, 0.3) is 20.1 Å². The number of thiophene rings is 1. The molecule has 0 aliphatic carbocycles. The van der Waals surface area contributed by atoms with Crippen LogP contribution in [0.3, 0.4) is 0 Å². The van der Waals surface area contributed by atoms with Crippen molar-refractivity contribution in [1.82, 2.24) is 4.98 Å². The van der Waals surface area contributed by atoms with E-state index in [0.717, 1.165) is 32.9 Å². The molecule has 2 aromatic carbocycles. The molecule has 1 unspecified atom stereocenters.